The third-order valence-electron chi connectivity index (χ3n) is 2.51. The van der Waals surface area contributed by atoms with Gasteiger partial charge in [0.2, 0.25) is 0 Å². The van der Waals surface area contributed by atoms with Gasteiger partial charge in [0.05, 0.1) is 5.92 Å². The quantitative estimate of drug-likeness (QED) is 0.844. The van der Waals surface area contributed by atoms with Gasteiger partial charge in [-0.1, -0.05) is 28.1 Å². The topological polar surface area (TPSA) is 37.3 Å². The maximum Gasteiger partial charge on any atom is 0.306 e. The van der Waals surface area contributed by atoms with E-state index in [2.05, 4.69) is 27.8 Å². The molecule has 1 aromatic rings. The van der Waals surface area contributed by atoms with Crippen molar-refractivity contribution in [1.82, 2.24) is 0 Å². The Balaban J connectivity index is 2.65. The van der Waals surface area contributed by atoms with E-state index in [1.54, 1.807) is 6.92 Å². The van der Waals surface area contributed by atoms with E-state index < -0.39 is 5.97 Å². The summed E-state index contributed by atoms with van der Waals surface area (Å²) in [7, 11) is 0. The van der Waals surface area contributed by atoms with Crippen molar-refractivity contribution in [2.45, 2.75) is 26.2 Å². The first-order valence-electron chi connectivity index (χ1n) is 5.50. The van der Waals surface area contributed by atoms with E-state index in [1.165, 1.54) is 0 Å². The van der Waals surface area contributed by atoms with Crippen LogP contribution in [0.3, 0.4) is 0 Å². The first-order valence-corrected chi connectivity index (χ1v) is 6.29. The summed E-state index contributed by atoms with van der Waals surface area (Å²) in [4.78, 5) is 11.1. The molecule has 2 nitrogen and oxygen atoms in total. The molecule has 90 valence electrons. The van der Waals surface area contributed by atoms with E-state index in [0.29, 0.717) is 19.3 Å². The van der Waals surface area contributed by atoms with E-state index in [-0.39, 0.29) is 5.92 Å². The Morgan fingerprint density at radius 1 is 1.53 bits per heavy atom. The second-order valence-corrected chi connectivity index (χ2v) is 4.75. The van der Waals surface area contributed by atoms with Crippen LogP contribution in [0, 0.1) is 17.8 Å². The predicted octanol–water partition coefficient (Wildman–Crippen LogP) is 3.50. The Kier molecular flexibility index (Phi) is 5.79. The van der Waals surface area contributed by atoms with Gasteiger partial charge in [0.15, 0.2) is 0 Å². The van der Waals surface area contributed by atoms with Crippen molar-refractivity contribution >= 4 is 21.9 Å². The van der Waals surface area contributed by atoms with Crippen LogP contribution in [0.5, 0.6) is 0 Å². The summed E-state index contributed by atoms with van der Waals surface area (Å²) in [6, 6.07) is 7.76. The molecule has 0 amide bonds. The van der Waals surface area contributed by atoms with Gasteiger partial charge < -0.3 is 5.11 Å². The van der Waals surface area contributed by atoms with Crippen molar-refractivity contribution in [3.8, 4) is 11.8 Å². The molecule has 1 N–H and O–H groups in total. The molecule has 1 atom stereocenters. The molecule has 0 aliphatic heterocycles. The molecule has 0 aliphatic rings. The van der Waals surface area contributed by atoms with E-state index in [9.17, 15) is 4.79 Å². The number of hydrogen-bond acceptors (Lipinski definition) is 1. The van der Waals surface area contributed by atoms with E-state index in [1.807, 2.05) is 24.3 Å². The van der Waals surface area contributed by atoms with Crippen molar-refractivity contribution < 1.29 is 9.90 Å². The maximum absolute atomic E-state index is 11.1. The van der Waals surface area contributed by atoms with Gasteiger partial charge >= 0.3 is 5.97 Å². The largest absolute Gasteiger partial charge is 0.481 e. The number of hydrogen-bond donors (Lipinski definition) is 1. The van der Waals surface area contributed by atoms with Crippen LogP contribution in [0.2, 0.25) is 0 Å². The highest BCUT2D eigenvalue weighted by Gasteiger charge is 2.17. The summed E-state index contributed by atoms with van der Waals surface area (Å²) in [5.41, 5.74) is 1.04. The van der Waals surface area contributed by atoms with Crippen LogP contribution in [-0.2, 0) is 11.2 Å². The molecule has 1 rings (SSSR count). The summed E-state index contributed by atoms with van der Waals surface area (Å²) < 4.78 is 0.979. The van der Waals surface area contributed by atoms with Crippen molar-refractivity contribution in [2.24, 2.45) is 5.92 Å². The normalized spacial score (nSPS) is 11.4. The van der Waals surface area contributed by atoms with Gasteiger partial charge in [-0.05, 0) is 37.5 Å². The molecular weight excluding hydrogens is 280 g/mol. The van der Waals surface area contributed by atoms with Gasteiger partial charge in [0.1, 0.15) is 0 Å². The Morgan fingerprint density at radius 3 is 2.88 bits per heavy atom. The minimum absolute atomic E-state index is 0.356. The third-order valence-corrected chi connectivity index (χ3v) is 3.01. The van der Waals surface area contributed by atoms with Gasteiger partial charge in [-0.3, -0.25) is 4.79 Å². The standard InChI is InChI=1S/C14H15BrO2/c1-2-3-4-7-12(14(16)17)9-11-6-5-8-13(15)10-11/h5-6,8,10,12H,4,7,9H2,1H3,(H,16,17). The molecule has 0 saturated carbocycles. The first-order chi connectivity index (χ1) is 8.13. The van der Waals surface area contributed by atoms with Gasteiger partial charge in [-0.25, -0.2) is 0 Å². The molecule has 0 radical (unpaired) electrons. The highest BCUT2D eigenvalue weighted by atomic mass is 79.9. The zero-order chi connectivity index (χ0) is 12.7. The van der Waals surface area contributed by atoms with Crippen molar-refractivity contribution in [3.05, 3.63) is 34.3 Å². The molecule has 0 fully saturated rings. The summed E-state index contributed by atoms with van der Waals surface area (Å²) in [5.74, 6) is 4.59. The second kappa shape index (κ2) is 7.13. The molecule has 3 heteroatoms. The van der Waals surface area contributed by atoms with Gasteiger partial charge in [-0.15, -0.1) is 11.8 Å². The van der Waals surface area contributed by atoms with Crippen LogP contribution in [0.4, 0.5) is 0 Å². The molecule has 1 unspecified atom stereocenters. The second-order valence-electron chi connectivity index (χ2n) is 3.83. The highest BCUT2D eigenvalue weighted by Crippen LogP contribution is 2.18. The zero-order valence-electron chi connectivity index (χ0n) is 9.74. The molecule has 0 bridgehead atoms. The van der Waals surface area contributed by atoms with Gasteiger partial charge in [0, 0.05) is 10.9 Å². The molecular formula is C14H15BrO2. The number of carboxylic acid groups (broad SMARTS) is 1. The number of carboxylic acids is 1. The van der Waals surface area contributed by atoms with Crippen molar-refractivity contribution in [3.63, 3.8) is 0 Å². The highest BCUT2D eigenvalue weighted by molar-refractivity contribution is 9.10. The summed E-state index contributed by atoms with van der Waals surface area (Å²) in [5, 5.41) is 9.14. The van der Waals surface area contributed by atoms with Crippen molar-refractivity contribution in [2.75, 3.05) is 0 Å². The number of halogens is 1. The van der Waals surface area contributed by atoms with Crippen molar-refractivity contribution in [1.29, 1.82) is 0 Å². The Morgan fingerprint density at radius 2 is 2.29 bits per heavy atom. The number of rotatable bonds is 5. The first kappa shape index (κ1) is 13.8. The number of aliphatic carboxylic acids is 1. The number of carbonyl (C=O) groups is 1. The fraction of sp³-hybridized carbons (Fsp3) is 0.357. The maximum atomic E-state index is 11.1. The van der Waals surface area contributed by atoms with Crippen LogP contribution in [0.25, 0.3) is 0 Å². The lowest BCUT2D eigenvalue weighted by Gasteiger charge is -2.10. The molecule has 0 aromatic heterocycles. The lowest BCUT2D eigenvalue weighted by atomic mass is 9.95. The van der Waals surface area contributed by atoms with E-state index in [0.717, 1.165) is 10.0 Å². The minimum Gasteiger partial charge on any atom is -0.481 e. The fourth-order valence-corrected chi connectivity index (χ4v) is 2.08. The monoisotopic (exact) mass is 294 g/mol. The van der Waals surface area contributed by atoms with Crippen LogP contribution in [0.1, 0.15) is 25.3 Å². The summed E-state index contributed by atoms with van der Waals surface area (Å²) in [6.45, 7) is 1.77. The number of benzene rings is 1. The average Bonchev–Trinajstić information content (AvgIpc) is 2.28. The molecule has 1 aromatic carbocycles. The lowest BCUT2D eigenvalue weighted by molar-refractivity contribution is -0.141. The summed E-state index contributed by atoms with van der Waals surface area (Å²) in [6.07, 6.45) is 1.80. The molecule has 0 aliphatic carbocycles. The van der Waals surface area contributed by atoms with Gasteiger partial charge in [0.25, 0.3) is 0 Å². The molecule has 17 heavy (non-hydrogen) atoms. The zero-order valence-corrected chi connectivity index (χ0v) is 11.3. The van der Waals surface area contributed by atoms with Crippen LogP contribution >= 0.6 is 15.9 Å². The third kappa shape index (κ3) is 5.06. The van der Waals surface area contributed by atoms with E-state index >= 15 is 0 Å². The summed E-state index contributed by atoms with van der Waals surface area (Å²) >= 11 is 3.38. The van der Waals surface area contributed by atoms with Crippen LogP contribution in [0.15, 0.2) is 28.7 Å². The lowest BCUT2D eigenvalue weighted by Crippen LogP contribution is -2.16. The minimum atomic E-state index is -0.747. The van der Waals surface area contributed by atoms with E-state index in [4.69, 9.17) is 5.11 Å². The molecule has 0 spiro atoms. The molecule has 0 saturated heterocycles. The smallest absolute Gasteiger partial charge is 0.306 e. The SMILES string of the molecule is CC#CCCC(Cc1cccc(Br)c1)C(=O)O. The Hall–Kier alpha value is -1.27. The Bertz CT molecular complexity index is 443. The Labute approximate surface area is 110 Å². The predicted molar refractivity (Wildman–Crippen MR) is 71.7 cm³/mol. The average molecular weight is 295 g/mol. The van der Waals surface area contributed by atoms with Crippen LogP contribution in [-0.4, -0.2) is 11.1 Å². The van der Waals surface area contributed by atoms with Crippen LogP contribution < -0.4 is 0 Å². The van der Waals surface area contributed by atoms with Gasteiger partial charge in [-0.2, -0.15) is 0 Å². The molecule has 0 heterocycles. The fourth-order valence-electron chi connectivity index (χ4n) is 1.63.